The molecule has 0 bridgehead atoms. The highest BCUT2D eigenvalue weighted by Gasteiger charge is 2.16. The molecule has 0 radical (unpaired) electrons. The summed E-state index contributed by atoms with van der Waals surface area (Å²) in [4.78, 5) is 0. The van der Waals surface area contributed by atoms with Gasteiger partial charge in [0.25, 0.3) is 0 Å². The molecule has 0 aromatic heterocycles. The first-order valence-electron chi connectivity index (χ1n) is 7.79. The first kappa shape index (κ1) is 16.9. The second kappa shape index (κ2) is 7.69. The van der Waals surface area contributed by atoms with Crippen molar-refractivity contribution in [3.63, 3.8) is 0 Å². The monoisotopic (exact) mass is 309 g/mol. The van der Waals surface area contributed by atoms with E-state index in [1.54, 1.807) is 14.2 Å². The van der Waals surface area contributed by atoms with E-state index in [0.29, 0.717) is 12.3 Å². The van der Waals surface area contributed by atoms with Crippen LogP contribution in [0.4, 0.5) is 0 Å². The smallest absolute Gasteiger partial charge is 0.122 e. The maximum atomic E-state index is 9.61. The summed E-state index contributed by atoms with van der Waals surface area (Å²) in [5.41, 5.74) is 3.28. The average molecular weight is 309 g/mol. The Labute approximate surface area is 138 Å². The molecule has 0 saturated heterocycles. The lowest BCUT2D eigenvalue weighted by Crippen LogP contribution is -2.04. The van der Waals surface area contributed by atoms with Gasteiger partial charge < -0.3 is 9.47 Å². The van der Waals surface area contributed by atoms with Gasteiger partial charge in [-0.3, -0.25) is 0 Å². The zero-order chi connectivity index (χ0) is 16.8. The third-order valence-electron chi connectivity index (χ3n) is 4.05. The minimum absolute atomic E-state index is 0.235. The van der Waals surface area contributed by atoms with Crippen LogP contribution in [0.1, 0.15) is 42.4 Å². The quantitative estimate of drug-likeness (QED) is 0.778. The summed E-state index contributed by atoms with van der Waals surface area (Å²) in [5, 5.41) is 9.61. The fraction of sp³-hybridized carbons (Fsp3) is 0.350. The second-order valence-corrected chi connectivity index (χ2v) is 5.89. The van der Waals surface area contributed by atoms with Crippen LogP contribution in [0.15, 0.2) is 42.5 Å². The van der Waals surface area contributed by atoms with Gasteiger partial charge in [0.2, 0.25) is 0 Å². The first-order valence-corrected chi connectivity index (χ1v) is 7.79. The van der Waals surface area contributed by atoms with Gasteiger partial charge in [-0.2, -0.15) is 5.26 Å². The van der Waals surface area contributed by atoms with Crippen molar-refractivity contribution in [3.05, 3.63) is 59.2 Å². The fourth-order valence-corrected chi connectivity index (χ4v) is 2.63. The van der Waals surface area contributed by atoms with Gasteiger partial charge in [-0.25, -0.2) is 0 Å². The Bertz CT molecular complexity index is 701. The van der Waals surface area contributed by atoms with Crippen molar-refractivity contribution < 1.29 is 9.47 Å². The largest absolute Gasteiger partial charge is 0.497 e. The van der Waals surface area contributed by atoms with E-state index in [9.17, 15) is 5.26 Å². The Morgan fingerprint density at radius 3 is 2.39 bits per heavy atom. The number of nitrogens with zero attached hydrogens (tertiary/aromatic N) is 1. The Balaban J connectivity index is 2.34. The number of rotatable bonds is 6. The molecule has 2 aromatic rings. The number of hydrogen-bond donors (Lipinski definition) is 0. The molecule has 2 aromatic carbocycles. The Morgan fingerprint density at radius 1 is 1.00 bits per heavy atom. The van der Waals surface area contributed by atoms with Gasteiger partial charge in [0.15, 0.2) is 0 Å². The van der Waals surface area contributed by atoms with Crippen molar-refractivity contribution in [1.82, 2.24) is 0 Å². The lowest BCUT2D eigenvalue weighted by molar-refractivity contribution is 0.408. The molecule has 0 heterocycles. The number of ether oxygens (including phenoxy) is 2. The van der Waals surface area contributed by atoms with Crippen molar-refractivity contribution in [2.24, 2.45) is 0 Å². The van der Waals surface area contributed by atoms with Crippen LogP contribution < -0.4 is 9.47 Å². The number of methoxy groups -OCH3 is 2. The maximum Gasteiger partial charge on any atom is 0.122 e. The molecule has 0 spiro atoms. The van der Waals surface area contributed by atoms with Gasteiger partial charge in [0.05, 0.1) is 26.2 Å². The van der Waals surface area contributed by atoms with Gasteiger partial charge in [-0.1, -0.05) is 38.1 Å². The molecule has 120 valence electrons. The molecule has 0 fully saturated rings. The van der Waals surface area contributed by atoms with Crippen molar-refractivity contribution in [2.75, 3.05) is 14.2 Å². The highest BCUT2D eigenvalue weighted by atomic mass is 16.5. The van der Waals surface area contributed by atoms with Crippen LogP contribution in [0.5, 0.6) is 11.5 Å². The molecule has 3 nitrogen and oxygen atoms in total. The van der Waals surface area contributed by atoms with E-state index in [4.69, 9.17) is 9.47 Å². The minimum atomic E-state index is -0.235. The van der Waals surface area contributed by atoms with Crippen molar-refractivity contribution in [1.29, 1.82) is 5.26 Å². The van der Waals surface area contributed by atoms with Crippen molar-refractivity contribution in [2.45, 2.75) is 32.1 Å². The molecule has 0 aliphatic rings. The number of nitriles is 1. The van der Waals surface area contributed by atoms with E-state index >= 15 is 0 Å². The summed E-state index contributed by atoms with van der Waals surface area (Å²) in [7, 11) is 3.30. The predicted molar refractivity (Wildman–Crippen MR) is 92.1 cm³/mol. The van der Waals surface area contributed by atoms with Gasteiger partial charge >= 0.3 is 0 Å². The molecule has 2 rings (SSSR count). The Hall–Kier alpha value is -2.47. The predicted octanol–water partition coefficient (Wildman–Crippen LogP) is 4.68. The topological polar surface area (TPSA) is 42.2 Å². The Kier molecular flexibility index (Phi) is 5.65. The van der Waals surface area contributed by atoms with Crippen LogP contribution in [0.3, 0.4) is 0 Å². The van der Waals surface area contributed by atoms with Crippen LogP contribution in [-0.2, 0) is 6.42 Å². The third kappa shape index (κ3) is 4.04. The molecule has 0 aliphatic heterocycles. The average Bonchev–Trinajstić information content (AvgIpc) is 2.59. The summed E-state index contributed by atoms with van der Waals surface area (Å²) in [6, 6.07) is 16.3. The summed E-state index contributed by atoms with van der Waals surface area (Å²) in [6.07, 6.45) is 0.618. The normalized spacial score (nSPS) is 11.8. The van der Waals surface area contributed by atoms with E-state index in [0.717, 1.165) is 22.6 Å². The van der Waals surface area contributed by atoms with Crippen LogP contribution >= 0.6 is 0 Å². The number of hydrogen-bond acceptors (Lipinski definition) is 3. The zero-order valence-electron chi connectivity index (χ0n) is 14.2. The second-order valence-electron chi connectivity index (χ2n) is 5.89. The third-order valence-corrected chi connectivity index (χ3v) is 4.05. The van der Waals surface area contributed by atoms with Crippen LogP contribution in [0, 0.1) is 11.3 Å². The fourth-order valence-electron chi connectivity index (χ4n) is 2.63. The first-order chi connectivity index (χ1) is 11.1. The summed E-state index contributed by atoms with van der Waals surface area (Å²) < 4.78 is 10.7. The molecule has 0 amide bonds. The summed E-state index contributed by atoms with van der Waals surface area (Å²) >= 11 is 0. The van der Waals surface area contributed by atoms with Crippen LogP contribution in [0.2, 0.25) is 0 Å². The lowest BCUT2D eigenvalue weighted by Gasteiger charge is -2.16. The van der Waals surface area contributed by atoms with Gasteiger partial charge in [0, 0.05) is 0 Å². The van der Waals surface area contributed by atoms with E-state index in [1.807, 2.05) is 30.3 Å². The molecule has 3 heteroatoms. The van der Waals surface area contributed by atoms with E-state index in [1.165, 1.54) is 5.56 Å². The van der Waals surface area contributed by atoms with Crippen LogP contribution in [-0.4, -0.2) is 14.2 Å². The summed E-state index contributed by atoms with van der Waals surface area (Å²) in [5.74, 6) is 1.81. The van der Waals surface area contributed by atoms with Gasteiger partial charge in [-0.15, -0.1) is 0 Å². The summed E-state index contributed by atoms with van der Waals surface area (Å²) in [6.45, 7) is 4.32. The number of benzene rings is 2. The molecular weight excluding hydrogens is 286 g/mol. The van der Waals surface area contributed by atoms with Crippen LogP contribution in [0.25, 0.3) is 0 Å². The SMILES string of the molecule is COc1cccc(C(C#N)Cc2cc(C(C)C)ccc2OC)c1. The maximum absolute atomic E-state index is 9.61. The zero-order valence-corrected chi connectivity index (χ0v) is 14.2. The highest BCUT2D eigenvalue weighted by molar-refractivity contribution is 5.42. The van der Waals surface area contributed by atoms with Crippen molar-refractivity contribution >= 4 is 0 Å². The molecule has 23 heavy (non-hydrogen) atoms. The van der Waals surface area contributed by atoms with Gasteiger partial charge in [-0.05, 0) is 47.2 Å². The Morgan fingerprint density at radius 2 is 1.78 bits per heavy atom. The molecule has 1 atom stereocenters. The molecule has 1 unspecified atom stereocenters. The molecular formula is C20H23NO2. The molecule has 0 saturated carbocycles. The van der Waals surface area contributed by atoms with E-state index in [-0.39, 0.29) is 5.92 Å². The van der Waals surface area contributed by atoms with Crippen molar-refractivity contribution in [3.8, 4) is 17.6 Å². The van der Waals surface area contributed by atoms with E-state index in [2.05, 4.69) is 32.0 Å². The standard InChI is InChI=1S/C20H23NO2/c1-14(2)15-8-9-20(23-4)17(10-15)11-18(13-21)16-6-5-7-19(12-16)22-3/h5-10,12,14,18H,11H2,1-4H3. The minimum Gasteiger partial charge on any atom is -0.497 e. The highest BCUT2D eigenvalue weighted by Crippen LogP contribution is 2.30. The molecule has 0 N–H and O–H groups in total. The molecule has 0 aliphatic carbocycles. The lowest BCUT2D eigenvalue weighted by atomic mass is 9.90. The van der Waals surface area contributed by atoms with Gasteiger partial charge in [0.1, 0.15) is 11.5 Å². The van der Waals surface area contributed by atoms with E-state index < -0.39 is 0 Å².